The van der Waals surface area contributed by atoms with E-state index in [1.165, 1.54) is 6.07 Å². The van der Waals surface area contributed by atoms with Gasteiger partial charge in [-0.15, -0.1) is 0 Å². The van der Waals surface area contributed by atoms with Crippen LogP contribution in [0.3, 0.4) is 0 Å². The number of fused-ring (bicyclic) bond motifs is 2. The van der Waals surface area contributed by atoms with E-state index >= 15 is 0 Å². The molecular weight excluding hydrogens is 494 g/mol. The number of benzene rings is 2. The van der Waals surface area contributed by atoms with Gasteiger partial charge in [0.1, 0.15) is 0 Å². The van der Waals surface area contributed by atoms with Gasteiger partial charge in [0.2, 0.25) is 23.6 Å². The zero-order valence-electron chi connectivity index (χ0n) is 18.1. The van der Waals surface area contributed by atoms with Gasteiger partial charge in [-0.05, 0) is 42.2 Å². The van der Waals surface area contributed by atoms with Crippen LogP contribution in [0.5, 0.6) is 0 Å². The highest BCUT2D eigenvalue weighted by Gasteiger charge is 2.58. The van der Waals surface area contributed by atoms with Gasteiger partial charge in [0.15, 0.2) is 0 Å². The first-order valence-electron chi connectivity index (χ1n) is 10.9. The Kier molecular flexibility index (Phi) is 5.27. The second kappa shape index (κ2) is 7.90. The van der Waals surface area contributed by atoms with Gasteiger partial charge in [-0.1, -0.05) is 24.3 Å². The Bertz CT molecular complexity index is 1280. The number of halogens is 6. The lowest BCUT2D eigenvalue weighted by Crippen LogP contribution is -2.35. The van der Waals surface area contributed by atoms with Crippen molar-refractivity contribution in [1.29, 1.82) is 0 Å². The second-order valence-electron chi connectivity index (χ2n) is 9.03. The van der Waals surface area contributed by atoms with Crippen LogP contribution in [0.15, 0.2) is 42.5 Å². The number of hydrogen-bond donors (Lipinski definition) is 1. The molecule has 2 heterocycles. The van der Waals surface area contributed by atoms with Gasteiger partial charge in [0, 0.05) is 0 Å². The SMILES string of the molecule is O=C1NC(=O)[C@H]2C[C@H]3C(=O)N(c4ccc(-c5ccccc5C(F)(F)F)c(C(F)(F)F)c4)C(=O)[C@@H]3C[C@H]12. The van der Waals surface area contributed by atoms with Crippen molar-refractivity contribution in [3.8, 4) is 11.1 Å². The molecule has 12 heteroatoms. The minimum atomic E-state index is -5.11. The number of imide groups is 2. The Labute approximate surface area is 199 Å². The lowest BCUT2D eigenvalue weighted by molar-refractivity contribution is -0.139. The molecule has 36 heavy (non-hydrogen) atoms. The molecule has 0 spiro atoms. The predicted octanol–water partition coefficient (Wildman–Crippen LogP) is 4.18. The molecule has 6 nitrogen and oxygen atoms in total. The molecule has 0 radical (unpaired) electrons. The number of carbonyl (C=O) groups excluding carboxylic acids is 4. The Hall–Kier alpha value is -3.70. The van der Waals surface area contributed by atoms with Gasteiger partial charge >= 0.3 is 12.4 Å². The van der Waals surface area contributed by atoms with Crippen LogP contribution in [0.4, 0.5) is 32.0 Å². The third-order valence-electron chi connectivity index (χ3n) is 7.07. The summed E-state index contributed by atoms with van der Waals surface area (Å²) in [4.78, 5) is 50.8. The monoisotopic (exact) mass is 510 g/mol. The number of alkyl halides is 6. The molecule has 3 fully saturated rings. The quantitative estimate of drug-likeness (QED) is 0.486. The Balaban J connectivity index is 1.56. The molecule has 1 aliphatic carbocycles. The molecule has 4 amide bonds. The smallest absolute Gasteiger partial charge is 0.296 e. The highest BCUT2D eigenvalue weighted by atomic mass is 19.4. The highest BCUT2D eigenvalue weighted by molar-refractivity contribution is 6.22. The van der Waals surface area contributed by atoms with Gasteiger partial charge in [-0.25, -0.2) is 0 Å². The molecular formula is C24H16F6N2O4. The largest absolute Gasteiger partial charge is 0.417 e. The minimum Gasteiger partial charge on any atom is -0.296 e. The molecule has 1 saturated carbocycles. The fourth-order valence-electron chi connectivity index (χ4n) is 5.44. The first kappa shape index (κ1) is 24.0. The maximum Gasteiger partial charge on any atom is 0.417 e. The third-order valence-corrected chi connectivity index (χ3v) is 7.07. The second-order valence-corrected chi connectivity index (χ2v) is 9.03. The van der Waals surface area contributed by atoms with Crippen molar-refractivity contribution in [2.75, 3.05) is 4.90 Å². The number of hydrogen-bond acceptors (Lipinski definition) is 4. The first-order chi connectivity index (χ1) is 16.8. The van der Waals surface area contributed by atoms with E-state index in [2.05, 4.69) is 5.32 Å². The number of rotatable bonds is 2. The summed E-state index contributed by atoms with van der Waals surface area (Å²) < 4.78 is 82.5. The molecule has 2 aromatic carbocycles. The summed E-state index contributed by atoms with van der Waals surface area (Å²) in [7, 11) is 0. The molecule has 2 aliphatic heterocycles. The summed E-state index contributed by atoms with van der Waals surface area (Å²) in [6.45, 7) is 0. The topological polar surface area (TPSA) is 83.6 Å². The van der Waals surface area contributed by atoms with Gasteiger partial charge in [0.05, 0.1) is 40.5 Å². The van der Waals surface area contributed by atoms with E-state index in [-0.39, 0.29) is 12.8 Å². The van der Waals surface area contributed by atoms with E-state index in [4.69, 9.17) is 0 Å². The van der Waals surface area contributed by atoms with Crippen LogP contribution in [-0.4, -0.2) is 23.6 Å². The van der Waals surface area contributed by atoms with Crippen LogP contribution in [0.2, 0.25) is 0 Å². The maximum atomic E-state index is 14.0. The normalized spacial score (nSPS) is 26.2. The molecule has 4 atom stereocenters. The minimum absolute atomic E-state index is 0.100. The molecule has 3 aliphatic rings. The predicted molar refractivity (Wildman–Crippen MR) is 111 cm³/mol. The summed E-state index contributed by atoms with van der Waals surface area (Å²) in [5.74, 6) is -6.33. The number of carbonyl (C=O) groups is 4. The number of amides is 4. The Morgan fingerprint density at radius 1 is 0.667 bits per heavy atom. The van der Waals surface area contributed by atoms with Crippen molar-refractivity contribution in [2.45, 2.75) is 25.2 Å². The summed E-state index contributed by atoms with van der Waals surface area (Å²) in [6.07, 6.45) is -10.2. The summed E-state index contributed by atoms with van der Waals surface area (Å²) in [6, 6.07) is 6.07. The molecule has 2 saturated heterocycles. The lowest BCUT2D eigenvalue weighted by Gasteiger charge is -2.28. The number of nitrogens with one attached hydrogen (secondary N) is 1. The van der Waals surface area contributed by atoms with Gasteiger partial charge in [-0.2, -0.15) is 26.3 Å². The fraction of sp³-hybridized carbons (Fsp3) is 0.333. The molecule has 1 N–H and O–H groups in total. The van der Waals surface area contributed by atoms with Gasteiger partial charge in [0.25, 0.3) is 0 Å². The van der Waals surface area contributed by atoms with Crippen molar-refractivity contribution in [1.82, 2.24) is 5.32 Å². The summed E-state index contributed by atoms with van der Waals surface area (Å²) in [5, 5.41) is 2.16. The van der Waals surface area contributed by atoms with Crippen molar-refractivity contribution in [3.05, 3.63) is 53.6 Å². The van der Waals surface area contributed by atoms with Crippen LogP contribution in [-0.2, 0) is 31.5 Å². The molecule has 2 aromatic rings. The molecule has 0 unspecified atom stereocenters. The van der Waals surface area contributed by atoms with Crippen molar-refractivity contribution < 1.29 is 45.5 Å². The van der Waals surface area contributed by atoms with Crippen LogP contribution in [0.1, 0.15) is 24.0 Å². The van der Waals surface area contributed by atoms with Crippen LogP contribution >= 0.6 is 0 Å². The van der Waals surface area contributed by atoms with Crippen LogP contribution in [0.25, 0.3) is 11.1 Å². The average molecular weight is 510 g/mol. The van der Waals surface area contributed by atoms with E-state index in [1.807, 2.05) is 0 Å². The zero-order chi connectivity index (χ0) is 26.2. The molecule has 0 bridgehead atoms. The first-order valence-corrected chi connectivity index (χ1v) is 10.9. The Morgan fingerprint density at radius 3 is 1.69 bits per heavy atom. The summed E-state index contributed by atoms with van der Waals surface area (Å²) >= 11 is 0. The molecule has 5 rings (SSSR count). The van der Waals surface area contributed by atoms with Crippen molar-refractivity contribution in [3.63, 3.8) is 0 Å². The summed E-state index contributed by atoms with van der Waals surface area (Å²) in [5.41, 5.74) is -4.61. The average Bonchev–Trinajstić information content (AvgIpc) is 3.23. The van der Waals surface area contributed by atoms with Crippen LogP contribution in [0, 0.1) is 23.7 Å². The van der Waals surface area contributed by atoms with Crippen molar-refractivity contribution >= 4 is 29.3 Å². The van der Waals surface area contributed by atoms with E-state index in [0.717, 1.165) is 24.3 Å². The van der Waals surface area contributed by atoms with Crippen LogP contribution < -0.4 is 10.2 Å². The lowest BCUT2D eigenvalue weighted by atomic mass is 9.70. The molecule has 0 aromatic heterocycles. The van der Waals surface area contributed by atoms with E-state index in [0.29, 0.717) is 17.0 Å². The van der Waals surface area contributed by atoms with E-state index in [9.17, 15) is 45.5 Å². The fourth-order valence-corrected chi connectivity index (χ4v) is 5.44. The molecule has 188 valence electrons. The standard InChI is InChI=1S/C24H16F6N2O4/c25-23(26,27)17-4-2-1-3-11(17)12-6-5-10(7-18(12)24(28,29)30)32-21(35)15-8-13-14(9-16(15)22(32)36)20(34)31-19(13)33/h1-7,13-16H,8-9H2,(H,31,33,34)/t13-,14-,15+,16+/m0/s1. The maximum absolute atomic E-state index is 14.0. The highest BCUT2D eigenvalue weighted by Crippen LogP contribution is 2.48. The van der Waals surface area contributed by atoms with Gasteiger partial charge < -0.3 is 0 Å². The third kappa shape index (κ3) is 3.66. The Morgan fingerprint density at radius 2 is 1.17 bits per heavy atom. The van der Waals surface area contributed by atoms with Gasteiger partial charge in [-0.3, -0.25) is 29.4 Å². The number of anilines is 1. The number of nitrogens with zero attached hydrogens (tertiary/aromatic N) is 1. The van der Waals surface area contributed by atoms with E-state index in [1.54, 1.807) is 0 Å². The zero-order valence-corrected chi connectivity index (χ0v) is 18.1. The van der Waals surface area contributed by atoms with Crippen molar-refractivity contribution in [2.24, 2.45) is 23.7 Å². The van der Waals surface area contributed by atoms with E-state index < -0.39 is 87.6 Å².